The molecule has 2 aromatic heterocycles. The van der Waals surface area contributed by atoms with Crippen molar-refractivity contribution in [2.75, 3.05) is 5.75 Å². The molecule has 0 aliphatic carbocycles. The molecule has 5 heteroatoms. The average molecular weight is 407 g/mol. The molecule has 0 aliphatic rings. The molecule has 4 rings (SSSR count). The molecule has 0 aliphatic heterocycles. The first-order valence-corrected chi connectivity index (χ1v) is 11.8. The predicted molar refractivity (Wildman–Crippen MR) is 120 cm³/mol. The first kappa shape index (κ1) is 19.6. The quantitative estimate of drug-likeness (QED) is 0.438. The van der Waals surface area contributed by atoms with Crippen LogP contribution in [0.25, 0.3) is 33.1 Å². The summed E-state index contributed by atoms with van der Waals surface area (Å²) < 4.78 is 24.9. The number of hydrogen-bond acceptors (Lipinski definition) is 3. The van der Waals surface area contributed by atoms with E-state index in [1.807, 2.05) is 25.3 Å². The Hall–Kier alpha value is -2.66. The van der Waals surface area contributed by atoms with Crippen LogP contribution >= 0.6 is 0 Å². The highest BCUT2D eigenvalue weighted by molar-refractivity contribution is 7.91. The van der Waals surface area contributed by atoms with Crippen LogP contribution in [0.3, 0.4) is 0 Å². The van der Waals surface area contributed by atoms with Gasteiger partial charge in [0.2, 0.25) is 0 Å². The Labute approximate surface area is 171 Å². The molecular formula is C24H26N2O2S. The second-order valence-corrected chi connectivity index (χ2v) is 9.91. The third-order valence-corrected chi connectivity index (χ3v) is 7.18. The Morgan fingerprint density at radius 3 is 2.66 bits per heavy atom. The van der Waals surface area contributed by atoms with E-state index in [2.05, 4.69) is 35.1 Å². The standard InChI is InChI=1S/C24H26N2O2S/c1-4-6-8-17-12-20(18-9-7-10-19(14-18)29(27,28)5-2)23-21-11-16(3)15-25-24(21)26-22(23)13-17/h7,9-15H,4-6,8H2,1-3H3,(H,25,26). The maximum atomic E-state index is 12.4. The number of benzene rings is 2. The first-order chi connectivity index (χ1) is 13.9. The summed E-state index contributed by atoms with van der Waals surface area (Å²) in [5, 5.41) is 2.17. The topological polar surface area (TPSA) is 62.8 Å². The highest BCUT2D eigenvalue weighted by Gasteiger charge is 2.16. The van der Waals surface area contributed by atoms with E-state index in [-0.39, 0.29) is 5.75 Å². The number of fused-ring (bicyclic) bond motifs is 3. The molecule has 0 saturated carbocycles. The molecule has 0 radical (unpaired) electrons. The monoisotopic (exact) mass is 406 g/mol. The van der Waals surface area contributed by atoms with Crippen molar-refractivity contribution >= 4 is 31.8 Å². The van der Waals surface area contributed by atoms with E-state index in [1.54, 1.807) is 19.1 Å². The first-order valence-electron chi connectivity index (χ1n) is 10.2. The van der Waals surface area contributed by atoms with Crippen LogP contribution < -0.4 is 0 Å². The zero-order chi connectivity index (χ0) is 20.6. The molecule has 0 amide bonds. The number of aryl methyl sites for hydroxylation is 2. The molecule has 2 heterocycles. The van der Waals surface area contributed by atoms with E-state index in [0.717, 1.165) is 57.9 Å². The minimum absolute atomic E-state index is 0.0958. The smallest absolute Gasteiger partial charge is 0.178 e. The molecule has 0 bridgehead atoms. The van der Waals surface area contributed by atoms with E-state index in [4.69, 9.17) is 0 Å². The van der Waals surface area contributed by atoms with Gasteiger partial charge in [-0.3, -0.25) is 0 Å². The Morgan fingerprint density at radius 2 is 1.90 bits per heavy atom. The number of nitrogens with zero attached hydrogens (tertiary/aromatic N) is 1. The van der Waals surface area contributed by atoms with Crippen molar-refractivity contribution in [1.29, 1.82) is 0 Å². The van der Waals surface area contributed by atoms with Crippen molar-refractivity contribution in [2.45, 2.75) is 44.9 Å². The van der Waals surface area contributed by atoms with Gasteiger partial charge in [-0.1, -0.05) is 38.5 Å². The fraction of sp³-hybridized carbons (Fsp3) is 0.292. The normalized spacial score (nSPS) is 12.1. The number of rotatable bonds is 6. The Bertz CT molecular complexity index is 1300. The molecule has 0 spiro atoms. The molecule has 4 nitrogen and oxygen atoms in total. The van der Waals surface area contributed by atoms with E-state index in [9.17, 15) is 8.42 Å². The zero-order valence-corrected chi connectivity index (χ0v) is 17.9. The van der Waals surface area contributed by atoms with Gasteiger partial charge < -0.3 is 4.98 Å². The van der Waals surface area contributed by atoms with Crippen molar-refractivity contribution in [3.63, 3.8) is 0 Å². The van der Waals surface area contributed by atoms with Gasteiger partial charge in [-0.2, -0.15) is 0 Å². The van der Waals surface area contributed by atoms with Crippen molar-refractivity contribution in [3.8, 4) is 11.1 Å². The molecular weight excluding hydrogens is 380 g/mol. The Balaban J connectivity index is 2.02. The van der Waals surface area contributed by atoms with Gasteiger partial charge >= 0.3 is 0 Å². The SMILES string of the molecule is CCCCc1cc(-c2cccc(S(=O)(=O)CC)c2)c2c(c1)[nH]c1ncc(C)cc12. The van der Waals surface area contributed by atoms with Gasteiger partial charge in [0.05, 0.1) is 10.6 Å². The average Bonchev–Trinajstić information content (AvgIpc) is 3.09. The Morgan fingerprint density at radius 1 is 1.07 bits per heavy atom. The van der Waals surface area contributed by atoms with Gasteiger partial charge in [0.1, 0.15) is 5.65 Å². The molecule has 29 heavy (non-hydrogen) atoms. The van der Waals surface area contributed by atoms with Gasteiger partial charge in [0, 0.05) is 22.5 Å². The summed E-state index contributed by atoms with van der Waals surface area (Å²) in [6, 6.07) is 13.9. The number of aromatic nitrogens is 2. The van der Waals surface area contributed by atoms with Crippen molar-refractivity contribution in [1.82, 2.24) is 9.97 Å². The third kappa shape index (κ3) is 3.67. The number of unbranched alkanes of at least 4 members (excludes halogenated alkanes) is 1. The van der Waals surface area contributed by atoms with Crippen molar-refractivity contribution in [2.24, 2.45) is 0 Å². The van der Waals surface area contributed by atoms with Crippen LogP contribution in [0.15, 0.2) is 53.6 Å². The van der Waals surface area contributed by atoms with E-state index < -0.39 is 9.84 Å². The maximum Gasteiger partial charge on any atom is 0.178 e. The fourth-order valence-electron chi connectivity index (χ4n) is 3.85. The van der Waals surface area contributed by atoms with Crippen LogP contribution in [0.5, 0.6) is 0 Å². The van der Waals surface area contributed by atoms with Gasteiger partial charge in [-0.05, 0) is 66.3 Å². The van der Waals surface area contributed by atoms with Crippen LogP contribution in [0.2, 0.25) is 0 Å². The van der Waals surface area contributed by atoms with Gasteiger partial charge in [0.15, 0.2) is 9.84 Å². The van der Waals surface area contributed by atoms with Crippen LogP contribution in [0.1, 0.15) is 37.8 Å². The summed E-state index contributed by atoms with van der Waals surface area (Å²) in [7, 11) is -3.26. The number of sulfone groups is 1. The van der Waals surface area contributed by atoms with Gasteiger partial charge in [-0.15, -0.1) is 0 Å². The minimum atomic E-state index is -3.26. The molecule has 0 saturated heterocycles. The molecule has 4 aromatic rings. The van der Waals surface area contributed by atoms with Crippen LogP contribution in [-0.2, 0) is 16.3 Å². The predicted octanol–water partition coefficient (Wildman–Crippen LogP) is 5.83. The van der Waals surface area contributed by atoms with E-state index >= 15 is 0 Å². The minimum Gasteiger partial charge on any atom is -0.339 e. The zero-order valence-electron chi connectivity index (χ0n) is 17.1. The lowest BCUT2D eigenvalue weighted by molar-refractivity contribution is 0.597. The summed E-state index contributed by atoms with van der Waals surface area (Å²) in [4.78, 5) is 8.40. The lowest BCUT2D eigenvalue weighted by Gasteiger charge is -2.10. The summed E-state index contributed by atoms with van der Waals surface area (Å²) in [5.74, 6) is 0.0958. The van der Waals surface area contributed by atoms with Gasteiger partial charge in [-0.25, -0.2) is 13.4 Å². The molecule has 0 fully saturated rings. The highest BCUT2D eigenvalue weighted by atomic mass is 32.2. The Kier molecular flexibility index (Phi) is 5.17. The number of nitrogens with one attached hydrogen (secondary N) is 1. The van der Waals surface area contributed by atoms with Crippen LogP contribution in [0, 0.1) is 6.92 Å². The number of pyridine rings is 1. The summed E-state index contributed by atoms with van der Waals surface area (Å²) in [6.45, 7) is 5.91. The second kappa shape index (κ2) is 7.64. The van der Waals surface area contributed by atoms with Crippen LogP contribution in [0.4, 0.5) is 0 Å². The van der Waals surface area contributed by atoms with E-state index in [1.165, 1.54) is 5.56 Å². The highest BCUT2D eigenvalue weighted by Crippen LogP contribution is 2.36. The second-order valence-electron chi connectivity index (χ2n) is 7.63. The van der Waals surface area contributed by atoms with Gasteiger partial charge in [0.25, 0.3) is 0 Å². The molecule has 2 aromatic carbocycles. The van der Waals surface area contributed by atoms with E-state index in [0.29, 0.717) is 4.90 Å². The third-order valence-electron chi connectivity index (χ3n) is 5.45. The van der Waals surface area contributed by atoms with Crippen molar-refractivity contribution < 1.29 is 8.42 Å². The summed E-state index contributed by atoms with van der Waals surface area (Å²) in [6.07, 6.45) is 5.11. The molecule has 0 unspecified atom stereocenters. The number of aromatic amines is 1. The summed E-state index contributed by atoms with van der Waals surface area (Å²) >= 11 is 0. The number of hydrogen-bond donors (Lipinski definition) is 1. The molecule has 150 valence electrons. The maximum absolute atomic E-state index is 12.4. The summed E-state index contributed by atoms with van der Waals surface area (Å²) in [5.41, 5.74) is 6.23. The van der Waals surface area contributed by atoms with Crippen LogP contribution in [-0.4, -0.2) is 24.1 Å². The lowest BCUT2D eigenvalue weighted by Crippen LogP contribution is -2.03. The molecule has 0 atom stereocenters. The lowest BCUT2D eigenvalue weighted by atomic mass is 9.95. The molecule has 1 N–H and O–H groups in total. The number of H-pyrrole nitrogens is 1. The van der Waals surface area contributed by atoms with Crippen molar-refractivity contribution in [3.05, 3.63) is 59.8 Å². The fourth-order valence-corrected chi connectivity index (χ4v) is 4.78. The largest absolute Gasteiger partial charge is 0.339 e.